The van der Waals surface area contributed by atoms with E-state index in [0.717, 1.165) is 17.5 Å². The van der Waals surface area contributed by atoms with Gasteiger partial charge in [-0.05, 0) is 13.8 Å². The lowest BCUT2D eigenvalue weighted by molar-refractivity contribution is -0.119. The molecule has 0 aliphatic rings. The molecule has 6 heteroatoms. The molecular formula is C11H20N4OS. The third kappa shape index (κ3) is 3.96. The molecule has 0 aromatic carbocycles. The molecular weight excluding hydrogens is 236 g/mol. The molecule has 0 spiro atoms. The molecule has 0 bridgehead atoms. The van der Waals surface area contributed by atoms with Crippen LogP contribution in [0.5, 0.6) is 0 Å². The molecule has 0 aliphatic heterocycles. The summed E-state index contributed by atoms with van der Waals surface area (Å²) in [5.74, 6) is 1.19. The highest BCUT2D eigenvalue weighted by Crippen LogP contribution is 2.20. The van der Waals surface area contributed by atoms with E-state index in [1.54, 1.807) is 0 Å². The summed E-state index contributed by atoms with van der Waals surface area (Å²) in [4.78, 5) is 17.9. The van der Waals surface area contributed by atoms with E-state index >= 15 is 0 Å². The van der Waals surface area contributed by atoms with Crippen molar-refractivity contribution in [1.82, 2.24) is 14.7 Å². The first-order chi connectivity index (χ1) is 8.08. The third-order valence-corrected chi connectivity index (χ3v) is 3.10. The summed E-state index contributed by atoms with van der Waals surface area (Å²) in [7, 11) is 0. The summed E-state index contributed by atoms with van der Waals surface area (Å²) >= 11 is 1.36. The minimum absolute atomic E-state index is 0.0237. The van der Waals surface area contributed by atoms with Crippen LogP contribution in [0.3, 0.4) is 0 Å². The van der Waals surface area contributed by atoms with E-state index in [1.807, 2.05) is 18.7 Å². The lowest BCUT2D eigenvalue weighted by atomic mass is 10.2. The van der Waals surface area contributed by atoms with Gasteiger partial charge in [0.05, 0.1) is 6.54 Å². The van der Waals surface area contributed by atoms with Gasteiger partial charge in [0.25, 0.3) is 0 Å². The molecule has 5 nitrogen and oxygen atoms in total. The minimum atomic E-state index is 0.0237. The molecule has 0 saturated heterocycles. The Morgan fingerprint density at radius 2 is 2.18 bits per heavy atom. The number of nitrogens with zero attached hydrogens (tertiary/aromatic N) is 3. The van der Waals surface area contributed by atoms with Gasteiger partial charge < -0.3 is 10.2 Å². The second kappa shape index (κ2) is 6.54. The van der Waals surface area contributed by atoms with Gasteiger partial charge in [-0.2, -0.15) is 4.37 Å². The van der Waals surface area contributed by atoms with Crippen LogP contribution >= 0.6 is 11.5 Å². The topological polar surface area (TPSA) is 58.1 Å². The molecule has 0 aliphatic carbocycles. The Morgan fingerprint density at radius 3 is 2.65 bits per heavy atom. The highest BCUT2D eigenvalue weighted by Gasteiger charge is 2.15. The van der Waals surface area contributed by atoms with E-state index in [-0.39, 0.29) is 5.91 Å². The molecule has 1 rings (SSSR count). The summed E-state index contributed by atoms with van der Waals surface area (Å²) < 4.78 is 4.30. The van der Waals surface area contributed by atoms with Crippen LogP contribution in [-0.4, -0.2) is 34.9 Å². The van der Waals surface area contributed by atoms with Gasteiger partial charge in [-0.15, -0.1) is 0 Å². The fraction of sp³-hybridized carbons (Fsp3) is 0.727. The van der Waals surface area contributed by atoms with Gasteiger partial charge in [0.2, 0.25) is 11.0 Å². The van der Waals surface area contributed by atoms with Crippen LogP contribution in [-0.2, 0) is 4.79 Å². The number of hydrogen-bond donors (Lipinski definition) is 1. The van der Waals surface area contributed by atoms with Gasteiger partial charge in [-0.1, -0.05) is 13.8 Å². The largest absolute Gasteiger partial charge is 0.355 e. The van der Waals surface area contributed by atoms with Crippen LogP contribution in [0, 0.1) is 0 Å². The summed E-state index contributed by atoms with van der Waals surface area (Å²) in [6, 6.07) is 0. The van der Waals surface area contributed by atoms with Crippen LogP contribution in [0.15, 0.2) is 0 Å². The standard InChI is InChI=1S/C11H20N4OS/c1-5-12-9(16)7-15(6-2)11-13-10(8(3)4)14-17-11/h8H,5-7H2,1-4H3,(H,12,16). The van der Waals surface area contributed by atoms with E-state index < -0.39 is 0 Å². The molecule has 1 aromatic heterocycles. The number of anilines is 1. The predicted molar refractivity (Wildman–Crippen MR) is 70.6 cm³/mol. The summed E-state index contributed by atoms with van der Waals surface area (Å²) in [5, 5.41) is 3.61. The molecule has 0 saturated carbocycles. The lowest BCUT2D eigenvalue weighted by Crippen LogP contribution is -2.37. The molecule has 96 valence electrons. The van der Waals surface area contributed by atoms with Gasteiger partial charge in [0.15, 0.2) is 0 Å². The quantitative estimate of drug-likeness (QED) is 0.840. The maximum atomic E-state index is 11.5. The molecule has 0 radical (unpaired) electrons. The van der Waals surface area contributed by atoms with Gasteiger partial charge in [0.1, 0.15) is 5.82 Å². The molecule has 1 amide bonds. The number of rotatable bonds is 6. The zero-order valence-corrected chi connectivity index (χ0v) is 11.7. The normalized spacial score (nSPS) is 10.6. The Balaban J connectivity index is 2.68. The number of carbonyl (C=O) groups excluding carboxylic acids is 1. The van der Waals surface area contributed by atoms with Crippen molar-refractivity contribution in [3.05, 3.63) is 5.82 Å². The second-order valence-electron chi connectivity index (χ2n) is 4.06. The maximum absolute atomic E-state index is 11.5. The van der Waals surface area contributed by atoms with E-state index in [2.05, 4.69) is 28.5 Å². The van der Waals surface area contributed by atoms with Crippen molar-refractivity contribution >= 4 is 22.6 Å². The summed E-state index contributed by atoms with van der Waals surface area (Å²) in [6.07, 6.45) is 0. The van der Waals surface area contributed by atoms with Crippen molar-refractivity contribution in [3.8, 4) is 0 Å². The Bertz CT molecular complexity index is 364. The lowest BCUT2D eigenvalue weighted by Gasteiger charge is -2.18. The Kier molecular flexibility index (Phi) is 5.34. The van der Waals surface area contributed by atoms with Crippen LogP contribution in [0.4, 0.5) is 5.13 Å². The number of aromatic nitrogens is 2. The minimum Gasteiger partial charge on any atom is -0.355 e. The van der Waals surface area contributed by atoms with Crippen LogP contribution < -0.4 is 10.2 Å². The Hall–Kier alpha value is -1.17. The molecule has 17 heavy (non-hydrogen) atoms. The van der Waals surface area contributed by atoms with Gasteiger partial charge in [-0.3, -0.25) is 4.79 Å². The SMILES string of the molecule is CCNC(=O)CN(CC)c1nc(C(C)C)ns1. The maximum Gasteiger partial charge on any atom is 0.239 e. The molecule has 1 heterocycles. The van der Waals surface area contributed by atoms with Gasteiger partial charge in [-0.25, -0.2) is 4.98 Å². The van der Waals surface area contributed by atoms with Gasteiger partial charge in [0, 0.05) is 30.5 Å². The van der Waals surface area contributed by atoms with Crippen LogP contribution in [0.1, 0.15) is 39.4 Å². The Morgan fingerprint density at radius 1 is 1.47 bits per heavy atom. The molecule has 1 N–H and O–H groups in total. The average molecular weight is 256 g/mol. The number of amides is 1. The Labute approximate surface area is 106 Å². The van der Waals surface area contributed by atoms with E-state index in [0.29, 0.717) is 19.0 Å². The number of nitrogens with one attached hydrogen (secondary N) is 1. The first kappa shape index (κ1) is 13.9. The first-order valence-corrected chi connectivity index (χ1v) is 6.71. The van der Waals surface area contributed by atoms with E-state index in [9.17, 15) is 4.79 Å². The fourth-order valence-corrected chi connectivity index (χ4v) is 2.20. The molecule has 0 fully saturated rings. The monoisotopic (exact) mass is 256 g/mol. The smallest absolute Gasteiger partial charge is 0.239 e. The highest BCUT2D eigenvalue weighted by atomic mass is 32.1. The third-order valence-electron chi connectivity index (χ3n) is 2.31. The van der Waals surface area contributed by atoms with Gasteiger partial charge >= 0.3 is 0 Å². The summed E-state index contributed by atoms with van der Waals surface area (Å²) in [6.45, 7) is 9.80. The highest BCUT2D eigenvalue weighted by molar-refractivity contribution is 7.09. The number of likely N-dealkylation sites (N-methyl/N-ethyl adjacent to an activating group) is 2. The van der Waals surface area contributed by atoms with Crippen molar-refractivity contribution in [2.24, 2.45) is 0 Å². The summed E-state index contributed by atoms with van der Waals surface area (Å²) in [5.41, 5.74) is 0. The van der Waals surface area contributed by atoms with Crippen molar-refractivity contribution in [2.45, 2.75) is 33.6 Å². The average Bonchev–Trinajstić information content (AvgIpc) is 2.75. The van der Waals surface area contributed by atoms with Crippen LogP contribution in [0.25, 0.3) is 0 Å². The zero-order valence-electron chi connectivity index (χ0n) is 10.9. The molecule has 1 aromatic rings. The zero-order chi connectivity index (χ0) is 12.8. The van der Waals surface area contributed by atoms with Crippen molar-refractivity contribution in [1.29, 1.82) is 0 Å². The number of carbonyl (C=O) groups is 1. The van der Waals surface area contributed by atoms with Crippen molar-refractivity contribution < 1.29 is 4.79 Å². The van der Waals surface area contributed by atoms with Crippen LogP contribution in [0.2, 0.25) is 0 Å². The van der Waals surface area contributed by atoms with Crippen molar-refractivity contribution in [2.75, 3.05) is 24.5 Å². The second-order valence-corrected chi connectivity index (χ2v) is 4.79. The first-order valence-electron chi connectivity index (χ1n) is 5.93. The van der Waals surface area contributed by atoms with E-state index in [1.165, 1.54) is 11.5 Å². The fourth-order valence-electron chi connectivity index (χ4n) is 1.33. The molecule has 0 atom stereocenters. The van der Waals surface area contributed by atoms with Crippen molar-refractivity contribution in [3.63, 3.8) is 0 Å². The number of hydrogen-bond acceptors (Lipinski definition) is 5. The predicted octanol–water partition coefficient (Wildman–Crippen LogP) is 1.62. The van der Waals surface area contributed by atoms with E-state index in [4.69, 9.17) is 0 Å². The molecule has 0 unspecified atom stereocenters.